The number of ketones is 1. The number of benzene rings is 2. The highest BCUT2D eigenvalue weighted by Gasteiger charge is 2.17. The van der Waals surface area contributed by atoms with Gasteiger partial charge in [-0.1, -0.05) is 36.5 Å². The van der Waals surface area contributed by atoms with Crippen molar-refractivity contribution in [3.05, 3.63) is 65.4 Å². The lowest BCUT2D eigenvalue weighted by Crippen LogP contribution is -2.39. The lowest BCUT2D eigenvalue weighted by molar-refractivity contribution is 0.0977. The fraction of sp³-hybridized carbons (Fsp3) is 0.438. The normalized spacial score (nSPS) is 16.8. The van der Waals surface area contributed by atoms with E-state index in [0.717, 1.165) is 78.5 Å². The minimum absolute atomic E-state index is 0.205. The fourth-order valence-corrected chi connectivity index (χ4v) is 5.52. The zero-order chi connectivity index (χ0) is 26.3. The number of nitrogens with zero attached hydrogens (tertiary/aromatic N) is 3. The van der Waals surface area contributed by atoms with Crippen LogP contribution in [-0.2, 0) is 0 Å². The van der Waals surface area contributed by atoms with E-state index in [1.165, 1.54) is 32.4 Å². The van der Waals surface area contributed by atoms with E-state index in [9.17, 15) is 4.79 Å². The molecule has 5 rings (SSSR count). The second-order valence-corrected chi connectivity index (χ2v) is 10.7. The highest BCUT2D eigenvalue weighted by Crippen LogP contribution is 2.28. The maximum Gasteiger partial charge on any atom is 0.162 e. The van der Waals surface area contributed by atoms with E-state index in [0.29, 0.717) is 18.3 Å². The largest absolute Gasteiger partial charge is 0.383 e. The Morgan fingerprint density at radius 2 is 1.71 bits per heavy atom. The quantitative estimate of drug-likeness (QED) is 0.265. The molecule has 4 N–H and O–H groups in total. The number of piperidine rings is 2. The summed E-state index contributed by atoms with van der Waals surface area (Å²) in [4.78, 5) is 22.0. The summed E-state index contributed by atoms with van der Waals surface area (Å²) in [6, 6.07) is 14.3. The standard InChI is InChI=1S/C32H39N5O/c33-27-15-20-37(21-16-27)28-13-12-26-23-35-32(34)29(30(26)22-28)14-9-24-7-10-25(11-8-24)31(38)6-2-5-19-36-17-3-1-4-18-36/h7-8,10-13,22-23,27H,1-6,15-21,33H2,(H2,34,35). The van der Waals surface area contributed by atoms with Gasteiger partial charge < -0.3 is 21.3 Å². The van der Waals surface area contributed by atoms with Crippen molar-refractivity contribution in [3.63, 3.8) is 0 Å². The molecule has 2 aliphatic heterocycles. The molecule has 0 saturated carbocycles. The van der Waals surface area contributed by atoms with Crippen LogP contribution >= 0.6 is 0 Å². The second kappa shape index (κ2) is 12.4. The maximum atomic E-state index is 12.7. The van der Waals surface area contributed by atoms with E-state index in [1.54, 1.807) is 6.20 Å². The average Bonchev–Trinajstić information content (AvgIpc) is 2.96. The zero-order valence-corrected chi connectivity index (χ0v) is 22.3. The number of pyridine rings is 1. The van der Waals surface area contributed by atoms with Crippen LogP contribution in [0, 0.1) is 11.8 Å². The minimum atomic E-state index is 0.205. The van der Waals surface area contributed by atoms with Crippen LogP contribution in [0.3, 0.4) is 0 Å². The Hall–Kier alpha value is -3.40. The number of carbonyl (C=O) groups is 1. The Morgan fingerprint density at radius 3 is 2.47 bits per heavy atom. The van der Waals surface area contributed by atoms with Crippen molar-refractivity contribution in [1.82, 2.24) is 9.88 Å². The Kier molecular flexibility index (Phi) is 8.58. The van der Waals surface area contributed by atoms with E-state index in [1.807, 2.05) is 24.3 Å². The van der Waals surface area contributed by atoms with Crippen molar-refractivity contribution < 1.29 is 4.79 Å². The van der Waals surface area contributed by atoms with Crippen LogP contribution in [0.4, 0.5) is 11.5 Å². The van der Waals surface area contributed by atoms with Crippen molar-refractivity contribution >= 4 is 28.1 Å². The first-order chi connectivity index (χ1) is 18.6. The van der Waals surface area contributed by atoms with Gasteiger partial charge in [-0.3, -0.25) is 4.79 Å². The fourth-order valence-electron chi connectivity index (χ4n) is 5.52. The van der Waals surface area contributed by atoms with Gasteiger partial charge in [-0.25, -0.2) is 4.98 Å². The number of aromatic nitrogens is 1. The Labute approximate surface area is 226 Å². The topological polar surface area (TPSA) is 88.5 Å². The summed E-state index contributed by atoms with van der Waals surface area (Å²) in [7, 11) is 0. The number of nitrogens with two attached hydrogens (primary N) is 2. The van der Waals surface area contributed by atoms with Crippen molar-refractivity contribution in [1.29, 1.82) is 0 Å². The molecule has 2 aromatic carbocycles. The van der Waals surface area contributed by atoms with Crippen molar-refractivity contribution in [2.75, 3.05) is 43.4 Å². The third-order valence-electron chi connectivity index (χ3n) is 7.93. The first kappa shape index (κ1) is 26.2. The lowest BCUT2D eigenvalue weighted by atomic mass is 10.0. The molecule has 0 radical (unpaired) electrons. The van der Waals surface area contributed by atoms with Crippen molar-refractivity contribution in [3.8, 4) is 11.8 Å². The van der Waals surface area contributed by atoms with Crippen LogP contribution in [0.25, 0.3) is 10.8 Å². The number of nitrogen functional groups attached to an aromatic ring is 1. The van der Waals surface area contributed by atoms with E-state index in [-0.39, 0.29) is 5.78 Å². The van der Waals surface area contributed by atoms with E-state index in [2.05, 4.69) is 44.8 Å². The average molecular weight is 510 g/mol. The van der Waals surface area contributed by atoms with Crippen LogP contribution in [0.5, 0.6) is 0 Å². The van der Waals surface area contributed by atoms with E-state index in [4.69, 9.17) is 11.5 Å². The summed E-state index contributed by atoms with van der Waals surface area (Å²) in [6.45, 7) is 5.45. The van der Waals surface area contributed by atoms with Gasteiger partial charge in [-0.15, -0.1) is 0 Å². The summed E-state index contributed by atoms with van der Waals surface area (Å²) in [5.74, 6) is 7.14. The molecule has 3 heterocycles. The summed E-state index contributed by atoms with van der Waals surface area (Å²) >= 11 is 0. The highest BCUT2D eigenvalue weighted by atomic mass is 16.1. The van der Waals surface area contributed by atoms with Crippen LogP contribution in [0.1, 0.15) is 72.9 Å². The lowest BCUT2D eigenvalue weighted by Gasteiger charge is -2.32. The number of anilines is 2. The number of rotatable bonds is 7. The molecule has 0 aliphatic carbocycles. The number of likely N-dealkylation sites (tertiary alicyclic amines) is 1. The van der Waals surface area contributed by atoms with Crippen LogP contribution < -0.4 is 16.4 Å². The summed E-state index contributed by atoms with van der Waals surface area (Å²) in [5.41, 5.74) is 15.9. The predicted octanol–water partition coefficient (Wildman–Crippen LogP) is 4.98. The van der Waals surface area contributed by atoms with Gasteiger partial charge in [-0.2, -0.15) is 0 Å². The third kappa shape index (κ3) is 6.53. The summed E-state index contributed by atoms with van der Waals surface area (Å²) < 4.78 is 0. The first-order valence-electron chi connectivity index (χ1n) is 14.1. The molecule has 6 nitrogen and oxygen atoms in total. The SMILES string of the molecule is Nc1ncc2ccc(N3CCC(N)CC3)cc2c1C#Cc1ccc(C(=O)CCCCN2CCCCC2)cc1. The number of Topliss-reactive ketones (excluding diaryl/α,β-unsaturated/α-hetero) is 1. The number of hydrogen-bond donors (Lipinski definition) is 2. The van der Waals surface area contributed by atoms with Crippen LogP contribution in [-0.4, -0.2) is 54.4 Å². The van der Waals surface area contributed by atoms with Gasteiger partial charge >= 0.3 is 0 Å². The number of carbonyl (C=O) groups excluding carboxylic acids is 1. The molecule has 1 aromatic heterocycles. The van der Waals surface area contributed by atoms with Crippen LogP contribution in [0.15, 0.2) is 48.7 Å². The Bertz CT molecular complexity index is 1310. The summed E-state index contributed by atoms with van der Waals surface area (Å²) in [6.07, 6.45) is 10.4. The van der Waals surface area contributed by atoms with E-state index >= 15 is 0 Å². The van der Waals surface area contributed by atoms with Gasteiger partial charge in [0.2, 0.25) is 0 Å². The molecular weight excluding hydrogens is 470 g/mol. The maximum absolute atomic E-state index is 12.7. The molecule has 198 valence electrons. The van der Waals surface area contributed by atoms with Gasteiger partial charge in [0.25, 0.3) is 0 Å². The van der Waals surface area contributed by atoms with Crippen molar-refractivity contribution in [2.24, 2.45) is 5.73 Å². The molecule has 3 aromatic rings. The molecular formula is C32H39N5O. The number of hydrogen-bond acceptors (Lipinski definition) is 6. The van der Waals surface area contributed by atoms with Gasteiger partial charge in [0.1, 0.15) is 5.82 Å². The third-order valence-corrected chi connectivity index (χ3v) is 7.93. The molecule has 38 heavy (non-hydrogen) atoms. The van der Waals surface area contributed by atoms with Gasteiger partial charge in [-0.05, 0) is 82.4 Å². The molecule has 6 heteroatoms. The zero-order valence-electron chi connectivity index (χ0n) is 22.3. The smallest absolute Gasteiger partial charge is 0.162 e. The van der Waals surface area contributed by atoms with Crippen LogP contribution in [0.2, 0.25) is 0 Å². The van der Waals surface area contributed by atoms with Crippen molar-refractivity contribution in [2.45, 2.75) is 57.4 Å². The molecule has 2 aliphatic rings. The molecule has 0 spiro atoms. The van der Waals surface area contributed by atoms with Gasteiger partial charge in [0.05, 0.1) is 5.56 Å². The number of fused-ring (bicyclic) bond motifs is 1. The monoisotopic (exact) mass is 509 g/mol. The van der Waals surface area contributed by atoms with Gasteiger partial charge in [0, 0.05) is 59.3 Å². The highest BCUT2D eigenvalue weighted by molar-refractivity contribution is 5.96. The first-order valence-corrected chi connectivity index (χ1v) is 14.1. The number of unbranched alkanes of at least 4 members (excludes halogenated alkanes) is 1. The predicted molar refractivity (Wildman–Crippen MR) is 156 cm³/mol. The Morgan fingerprint density at radius 1 is 0.947 bits per heavy atom. The molecule has 0 bridgehead atoms. The minimum Gasteiger partial charge on any atom is -0.383 e. The molecule has 0 atom stereocenters. The summed E-state index contributed by atoms with van der Waals surface area (Å²) in [5, 5.41) is 2.02. The molecule has 2 fully saturated rings. The Balaban J connectivity index is 1.24. The molecule has 0 unspecified atom stereocenters. The van der Waals surface area contributed by atoms with E-state index < -0.39 is 0 Å². The molecule has 2 saturated heterocycles. The molecule has 0 amide bonds. The second-order valence-electron chi connectivity index (χ2n) is 10.7. The van der Waals surface area contributed by atoms with Gasteiger partial charge in [0.15, 0.2) is 5.78 Å².